The van der Waals surface area contributed by atoms with Gasteiger partial charge in [-0.15, -0.1) is 6.58 Å². The monoisotopic (exact) mass is 206 g/mol. The Hall–Kier alpha value is -0.420. The van der Waals surface area contributed by atoms with E-state index in [-0.39, 0.29) is 13.2 Å². The van der Waals surface area contributed by atoms with Crippen molar-refractivity contribution < 1.29 is 19.7 Å². The zero-order chi connectivity index (χ0) is 11.2. The van der Waals surface area contributed by atoms with Crippen LogP contribution in [0.15, 0.2) is 12.7 Å². The molecule has 14 heavy (non-hydrogen) atoms. The van der Waals surface area contributed by atoms with Gasteiger partial charge in [-0.1, -0.05) is 6.08 Å². The van der Waals surface area contributed by atoms with Crippen molar-refractivity contribution in [1.29, 1.82) is 0 Å². The summed E-state index contributed by atoms with van der Waals surface area (Å²) in [6.07, 6.45) is 0.828. The molecule has 0 saturated heterocycles. The third-order valence-electron chi connectivity index (χ3n) is 1.16. The zero-order valence-corrected chi connectivity index (χ0v) is 9.11. The van der Waals surface area contributed by atoms with Crippen molar-refractivity contribution >= 4 is 0 Å². The Bertz CT molecular complexity index is 104. The summed E-state index contributed by atoms with van der Waals surface area (Å²) in [4.78, 5) is 0. The molecule has 0 aliphatic heterocycles. The van der Waals surface area contributed by atoms with E-state index in [2.05, 4.69) is 6.58 Å². The molecule has 2 N–H and O–H groups in total. The molecule has 4 nitrogen and oxygen atoms in total. The van der Waals surface area contributed by atoms with E-state index in [1.165, 1.54) is 0 Å². The van der Waals surface area contributed by atoms with Crippen LogP contribution in [0, 0.1) is 0 Å². The average Bonchev–Trinajstić information content (AvgIpc) is 2.20. The lowest BCUT2D eigenvalue weighted by atomic mass is 10.4. The molecule has 86 valence electrons. The van der Waals surface area contributed by atoms with Gasteiger partial charge in [-0.3, -0.25) is 0 Å². The Labute approximate surface area is 86.2 Å². The number of ether oxygens (including phenoxy) is 2. The van der Waals surface area contributed by atoms with Gasteiger partial charge in [-0.25, -0.2) is 0 Å². The molecular formula is C10H22O4. The van der Waals surface area contributed by atoms with Gasteiger partial charge in [0, 0.05) is 13.2 Å². The lowest BCUT2D eigenvalue weighted by Crippen LogP contribution is -2.19. The highest BCUT2D eigenvalue weighted by atomic mass is 16.5. The zero-order valence-electron chi connectivity index (χ0n) is 9.11. The van der Waals surface area contributed by atoms with Crippen LogP contribution >= 0.6 is 0 Å². The molecule has 0 aromatic heterocycles. The molecule has 0 bridgehead atoms. The van der Waals surface area contributed by atoms with E-state index in [1.54, 1.807) is 6.08 Å². The fourth-order valence-electron chi connectivity index (χ4n) is 0.544. The maximum Gasteiger partial charge on any atom is 0.100 e. The summed E-state index contributed by atoms with van der Waals surface area (Å²) < 4.78 is 9.64. The predicted molar refractivity (Wildman–Crippen MR) is 56.3 cm³/mol. The molecule has 0 fully saturated rings. The van der Waals surface area contributed by atoms with Gasteiger partial charge in [-0.05, 0) is 13.8 Å². The summed E-state index contributed by atoms with van der Waals surface area (Å²) in [5, 5.41) is 17.0. The molecule has 0 aliphatic rings. The van der Waals surface area contributed by atoms with E-state index in [9.17, 15) is 0 Å². The lowest BCUT2D eigenvalue weighted by Gasteiger charge is -2.04. The molecule has 0 radical (unpaired) electrons. The van der Waals surface area contributed by atoms with Gasteiger partial charge in [0.1, 0.15) is 6.10 Å². The molecule has 0 aliphatic carbocycles. The van der Waals surface area contributed by atoms with Crippen LogP contribution in [0.1, 0.15) is 13.8 Å². The summed E-state index contributed by atoms with van der Waals surface area (Å²) >= 11 is 0. The minimum absolute atomic E-state index is 0.169. The number of hydrogen-bond acceptors (Lipinski definition) is 4. The number of hydrogen-bond donors (Lipinski definition) is 2. The topological polar surface area (TPSA) is 58.9 Å². The minimum atomic E-state index is -0.759. The van der Waals surface area contributed by atoms with E-state index in [0.717, 1.165) is 13.2 Å². The highest BCUT2D eigenvalue weighted by Crippen LogP contribution is 1.82. The third-order valence-corrected chi connectivity index (χ3v) is 1.16. The van der Waals surface area contributed by atoms with Gasteiger partial charge in [0.15, 0.2) is 0 Å². The number of aliphatic hydroxyl groups is 2. The highest BCUT2D eigenvalue weighted by Gasteiger charge is 1.98. The minimum Gasteiger partial charge on any atom is -0.394 e. The van der Waals surface area contributed by atoms with Crippen LogP contribution in [-0.2, 0) is 9.47 Å². The standard InChI is InChI=1S/C6H12O3.C4H10O/c1-2-3-9-5-6(8)4-7;1-3-5-4-2/h2,6-8H,1,3-5H2;3-4H2,1-2H3. The highest BCUT2D eigenvalue weighted by molar-refractivity contribution is 4.64. The van der Waals surface area contributed by atoms with Gasteiger partial charge in [-0.2, -0.15) is 0 Å². The Balaban J connectivity index is 0. The van der Waals surface area contributed by atoms with E-state index in [0.29, 0.717) is 6.61 Å². The molecule has 0 aromatic carbocycles. The van der Waals surface area contributed by atoms with Gasteiger partial charge in [0.2, 0.25) is 0 Å². The Morgan fingerprint density at radius 2 is 1.86 bits per heavy atom. The Morgan fingerprint density at radius 1 is 1.29 bits per heavy atom. The second kappa shape index (κ2) is 15.1. The molecule has 0 aromatic rings. The molecular weight excluding hydrogens is 184 g/mol. The first-order valence-corrected chi connectivity index (χ1v) is 4.78. The summed E-state index contributed by atoms with van der Waals surface area (Å²) in [5.41, 5.74) is 0. The second-order valence-corrected chi connectivity index (χ2v) is 2.44. The molecule has 1 unspecified atom stereocenters. The molecule has 4 heteroatoms. The van der Waals surface area contributed by atoms with Crippen molar-refractivity contribution in [2.45, 2.75) is 20.0 Å². The first kappa shape index (κ1) is 16.0. The van der Waals surface area contributed by atoms with E-state index in [1.807, 2.05) is 13.8 Å². The van der Waals surface area contributed by atoms with Crippen LogP contribution in [0.4, 0.5) is 0 Å². The van der Waals surface area contributed by atoms with Gasteiger partial charge in [0.25, 0.3) is 0 Å². The van der Waals surface area contributed by atoms with Crippen molar-refractivity contribution in [2.24, 2.45) is 0 Å². The summed E-state index contributed by atoms with van der Waals surface area (Å²) in [5.74, 6) is 0. The Morgan fingerprint density at radius 3 is 2.14 bits per heavy atom. The first-order chi connectivity index (χ1) is 6.72. The number of aliphatic hydroxyl groups excluding tert-OH is 2. The van der Waals surface area contributed by atoms with Crippen LogP contribution in [0.2, 0.25) is 0 Å². The van der Waals surface area contributed by atoms with Crippen molar-refractivity contribution in [3.05, 3.63) is 12.7 Å². The third kappa shape index (κ3) is 17.6. The normalized spacial score (nSPS) is 11.4. The largest absolute Gasteiger partial charge is 0.394 e. The van der Waals surface area contributed by atoms with Crippen LogP contribution in [0.3, 0.4) is 0 Å². The fraction of sp³-hybridized carbons (Fsp3) is 0.800. The molecule has 0 spiro atoms. The van der Waals surface area contributed by atoms with Gasteiger partial charge >= 0.3 is 0 Å². The van der Waals surface area contributed by atoms with Gasteiger partial charge in [0.05, 0.1) is 19.8 Å². The van der Waals surface area contributed by atoms with E-state index < -0.39 is 6.10 Å². The van der Waals surface area contributed by atoms with Gasteiger partial charge < -0.3 is 19.7 Å². The quantitative estimate of drug-likeness (QED) is 0.472. The lowest BCUT2D eigenvalue weighted by molar-refractivity contribution is 0.0150. The van der Waals surface area contributed by atoms with E-state index >= 15 is 0 Å². The van der Waals surface area contributed by atoms with Crippen molar-refractivity contribution in [2.75, 3.05) is 33.0 Å². The molecule has 0 amide bonds. The predicted octanol–water partition coefficient (Wildman–Crippen LogP) is 0.585. The molecule has 0 heterocycles. The second-order valence-electron chi connectivity index (χ2n) is 2.44. The number of rotatable bonds is 7. The maximum atomic E-state index is 8.68. The Kier molecular flexibility index (Phi) is 17.3. The smallest absolute Gasteiger partial charge is 0.100 e. The summed E-state index contributed by atoms with van der Waals surface area (Å²) in [6.45, 7) is 9.41. The van der Waals surface area contributed by atoms with Crippen LogP contribution in [0.25, 0.3) is 0 Å². The van der Waals surface area contributed by atoms with E-state index in [4.69, 9.17) is 19.7 Å². The summed E-state index contributed by atoms with van der Waals surface area (Å²) in [7, 11) is 0. The molecule has 1 atom stereocenters. The molecule has 0 saturated carbocycles. The van der Waals surface area contributed by atoms with Crippen molar-refractivity contribution in [1.82, 2.24) is 0 Å². The van der Waals surface area contributed by atoms with Crippen LogP contribution in [-0.4, -0.2) is 49.4 Å². The fourth-order valence-corrected chi connectivity index (χ4v) is 0.544. The summed E-state index contributed by atoms with van der Waals surface area (Å²) in [6, 6.07) is 0. The molecule has 0 rings (SSSR count). The average molecular weight is 206 g/mol. The van der Waals surface area contributed by atoms with Crippen LogP contribution < -0.4 is 0 Å². The first-order valence-electron chi connectivity index (χ1n) is 4.78. The van der Waals surface area contributed by atoms with Crippen molar-refractivity contribution in [3.63, 3.8) is 0 Å². The maximum absolute atomic E-state index is 8.68. The SMILES string of the molecule is C=CCOCC(O)CO.CCOCC. The van der Waals surface area contributed by atoms with Crippen LogP contribution in [0.5, 0.6) is 0 Å². The van der Waals surface area contributed by atoms with Crippen molar-refractivity contribution in [3.8, 4) is 0 Å².